The minimum atomic E-state index is -0.0169. The fourth-order valence-corrected chi connectivity index (χ4v) is 3.60. The largest absolute Gasteiger partial charge is 0.394 e. The average molecular weight is 277 g/mol. The van der Waals surface area contributed by atoms with Crippen LogP contribution in [-0.4, -0.2) is 44.9 Å². The van der Waals surface area contributed by atoms with E-state index < -0.39 is 0 Å². The Morgan fingerprint density at radius 1 is 1.35 bits per heavy atom. The van der Waals surface area contributed by atoms with Crippen LogP contribution in [0.5, 0.6) is 0 Å². The van der Waals surface area contributed by atoms with Gasteiger partial charge in [0.1, 0.15) is 0 Å². The molecule has 3 rings (SSSR count). The maximum absolute atomic E-state index is 12.6. The fourth-order valence-electron chi connectivity index (χ4n) is 3.60. The van der Waals surface area contributed by atoms with Gasteiger partial charge in [-0.05, 0) is 32.6 Å². The summed E-state index contributed by atoms with van der Waals surface area (Å²) in [7, 11) is 0. The van der Waals surface area contributed by atoms with Gasteiger partial charge in [0, 0.05) is 12.2 Å². The smallest absolute Gasteiger partial charge is 0.257 e. The molecule has 1 aliphatic heterocycles. The van der Waals surface area contributed by atoms with E-state index in [0.717, 1.165) is 25.1 Å². The molecule has 5 nitrogen and oxygen atoms in total. The maximum Gasteiger partial charge on any atom is 0.257 e. The summed E-state index contributed by atoms with van der Waals surface area (Å²) < 4.78 is 2.03. The highest BCUT2D eigenvalue weighted by Gasteiger charge is 2.31. The van der Waals surface area contributed by atoms with Crippen molar-refractivity contribution in [3.63, 3.8) is 0 Å². The van der Waals surface area contributed by atoms with Crippen molar-refractivity contribution in [1.82, 2.24) is 14.7 Å². The summed E-state index contributed by atoms with van der Waals surface area (Å²) in [6.45, 7) is 2.79. The Balaban J connectivity index is 1.81. The van der Waals surface area contributed by atoms with Crippen molar-refractivity contribution in [1.29, 1.82) is 0 Å². The number of likely N-dealkylation sites (tertiary alicyclic amines) is 1. The molecule has 1 atom stereocenters. The molecule has 1 aromatic heterocycles. The quantitative estimate of drug-likeness (QED) is 0.918. The van der Waals surface area contributed by atoms with Gasteiger partial charge in [0.2, 0.25) is 0 Å². The topological polar surface area (TPSA) is 58.4 Å². The van der Waals surface area contributed by atoms with Crippen LogP contribution < -0.4 is 0 Å². The zero-order chi connectivity index (χ0) is 14.1. The molecule has 0 bridgehead atoms. The van der Waals surface area contributed by atoms with Gasteiger partial charge in [0.25, 0.3) is 5.91 Å². The molecule has 0 spiro atoms. The van der Waals surface area contributed by atoms with Gasteiger partial charge in [-0.1, -0.05) is 12.8 Å². The first-order chi connectivity index (χ1) is 9.72. The van der Waals surface area contributed by atoms with Crippen LogP contribution in [0.1, 0.15) is 60.6 Å². The van der Waals surface area contributed by atoms with Crippen LogP contribution in [0, 0.1) is 6.92 Å². The molecule has 5 heteroatoms. The van der Waals surface area contributed by atoms with Gasteiger partial charge in [0.15, 0.2) is 0 Å². The second kappa shape index (κ2) is 5.56. The first-order valence-electron chi connectivity index (χ1n) is 7.68. The van der Waals surface area contributed by atoms with Crippen LogP contribution in [0.2, 0.25) is 0 Å². The zero-order valence-electron chi connectivity index (χ0n) is 12.1. The van der Waals surface area contributed by atoms with Crippen LogP contribution in [-0.2, 0) is 0 Å². The number of aliphatic hydroxyl groups is 1. The predicted octanol–water partition coefficient (Wildman–Crippen LogP) is 1.90. The lowest BCUT2D eigenvalue weighted by Crippen LogP contribution is -2.37. The van der Waals surface area contributed by atoms with Gasteiger partial charge in [-0.25, -0.2) is 0 Å². The minimum absolute atomic E-state index is 0.0169. The van der Waals surface area contributed by atoms with E-state index in [1.165, 1.54) is 25.7 Å². The molecular weight excluding hydrogens is 254 g/mol. The SMILES string of the molecule is Cc1c(C(=O)N2CCCC2CO)cnn1C1CCCC1. The Kier molecular flexibility index (Phi) is 3.78. The number of carbonyl (C=O) groups excluding carboxylic acids is 1. The van der Waals surface area contributed by atoms with Crippen molar-refractivity contribution in [3.05, 3.63) is 17.5 Å². The number of rotatable bonds is 3. The number of hydrogen-bond donors (Lipinski definition) is 1. The first kappa shape index (κ1) is 13.6. The molecule has 1 saturated carbocycles. The monoisotopic (exact) mass is 277 g/mol. The summed E-state index contributed by atoms with van der Waals surface area (Å²) in [5.41, 5.74) is 1.68. The van der Waals surface area contributed by atoms with Gasteiger partial charge >= 0.3 is 0 Å². The number of hydrogen-bond acceptors (Lipinski definition) is 3. The van der Waals surface area contributed by atoms with E-state index in [0.29, 0.717) is 11.6 Å². The number of aliphatic hydroxyl groups excluding tert-OH is 1. The van der Waals surface area contributed by atoms with Crippen LogP contribution in [0.25, 0.3) is 0 Å². The highest BCUT2D eigenvalue weighted by atomic mass is 16.3. The summed E-state index contributed by atoms with van der Waals surface area (Å²) in [6.07, 6.45) is 8.43. The summed E-state index contributed by atoms with van der Waals surface area (Å²) >= 11 is 0. The maximum atomic E-state index is 12.6. The van der Waals surface area contributed by atoms with Crippen LogP contribution in [0.4, 0.5) is 0 Å². The molecule has 1 amide bonds. The first-order valence-corrected chi connectivity index (χ1v) is 7.68. The average Bonchev–Trinajstić information content (AvgIpc) is 3.17. The van der Waals surface area contributed by atoms with E-state index in [9.17, 15) is 9.90 Å². The third kappa shape index (κ3) is 2.24. The summed E-state index contributed by atoms with van der Waals surface area (Å²) in [6, 6.07) is 0.445. The molecule has 0 aromatic carbocycles. The Bertz CT molecular complexity index is 491. The summed E-state index contributed by atoms with van der Waals surface area (Å²) in [5, 5.41) is 13.8. The molecular formula is C15H23N3O2. The molecule has 1 aliphatic carbocycles. The third-order valence-electron chi connectivity index (χ3n) is 4.79. The third-order valence-corrected chi connectivity index (χ3v) is 4.79. The van der Waals surface area contributed by atoms with E-state index in [2.05, 4.69) is 5.10 Å². The molecule has 1 N–H and O–H groups in total. The normalized spacial score (nSPS) is 23.7. The molecule has 20 heavy (non-hydrogen) atoms. The zero-order valence-corrected chi connectivity index (χ0v) is 12.1. The molecule has 2 heterocycles. The van der Waals surface area contributed by atoms with Gasteiger partial charge in [-0.2, -0.15) is 5.10 Å². The van der Waals surface area contributed by atoms with Crippen LogP contribution in [0.3, 0.4) is 0 Å². The van der Waals surface area contributed by atoms with Crippen molar-refractivity contribution in [2.75, 3.05) is 13.2 Å². The van der Waals surface area contributed by atoms with Crippen LogP contribution >= 0.6 is 0 Å². The van der Waals surface area contributed by atoms with Gasteiger partial charge < -0.3 is 10.0 Å². The van der Waals surface area contributed by atoms with Crippen molar-refractivity contribution < 1.29 is 9.90 Å². The van der Waals surface area contributed by atoms with Crippen LogP contribution in [0.15, 0.2) is 6.20 Å². The number of amides is 1. The molecule has 110 valence electrons. The molecule has 1 saturated heterocycles. The predicted molar refractivity (Wildman–Crippen MR) is 75.6 cm³/mol. The van der Waals surface area contributed by atoms with Gasteiger partial charge in [0.05, 0.1) is 30.5 Å². The van der Waals surface area contributed by atoms with Gasteiger partial charge in [-0.3, -0.25) is 9.48 Å². The number of nitrogens with zero attached hydrogens (tertiary/aromatic N) is 3. The lowest BCUT2D eigenvalue weighted by Gasteiger charge is -2.23. The Morgan fingerprint density at radius 3 is 2.80 bits per heavy atom. The summed E-state index contributed by atoms with van der Waals surface area (Å²) in [4.78, 5) is 14.4. The highest BCUT2D eigenvalue weighted by molar-refractivity contribution is 5.95. The lowest BCUT2D eigenvalue weighted by atomic mass is 10.2. The van der Waals surface area contributed by atoms with E-state index in [-0.39, 0.29) is 18.6 Å². The van der Waals surface area contributed by atoms with E-state index in [1.807, 2.05) is 16.5 Å². The highest BCUT2D eigenvalue weighted by Crippen LogP contribution is 2.31. The van der Waals surface area contributed by atoms with E-state index in [1.54, 1.807) is 6.20 Å². The minimum Gasteiger partial charge on any atom is -0.394 e. The number of carbonyl (C=O) groups is 1. The van der Waals surface area contributed by atoms with Crippen molar-refractivity contribution in [2.45, 2.75) is 57.5 Å². The molecule has 1 aromatic rings. The van der Waals surface area contributed by atoms with Crippen molar-refractivity contribution >= 4 is 5.91 Å². The van der Waals surface area contributed by atoms with Gasteiger partial charge in [-0.15, -0.1) is 0 Å². The molecule has 0 radical (unpaired) electrons. The molecule has 2 fully saturated rings. The Morgan fingerprint density at radius 2 is 2.10 bits per heavy atom. The van der Waals surface area contributed by atoms with Crippen molar-refractivity contribution in [2.24, 2.45) is 0 Å². The van der Waals surface area contributed by atoms with Crippen molar-refractivity contribution in [3.8, 4) is 0 Å². The Hall–Kier alpha value is -1.36. The standard InChI is InChI=1S/C15H23N3O2/c1-11-14(9-16-18(11)12-5-2-3-6-12)15(20)17-8-4-7-13(17)10-19/h9,12-13,19H,2-8,10H2,1H3. The second-order valence-corrected chi connectivity index (χ2v) is 6.00. The van der Waals surface area contributed by atoms with E-state index in [4.69, 9.17) is 0 Å². The Labute approximate surface area is 119 Å². The fraction of sp³-hybridized carbons (Fsp3) is 0.733. The molecule has 2 aliphatic rings. The number of aromatic nitrogens is 2. The summed E-state index contributed by atoms with van der Waals surface area (Å²) in [5.74, 6) is 0.0308. The van der Waals surface area contributed by atoms with E-state index >= 15 is 0 Å². The molecule has 1 unspecified atom stereocenters. The second-order valence-electron chi connectivity index (χ2n) is 6.00. The lowest BCUT2D eigenvalue weighted by molar-refractivity contribution is 0.0676.